The Morgan fingerprint density at radius 3 is 2.97 bits per heavy atom. The molecule has 3 atom stereocenters. The van der Waals surface area contributed by atoms with Gasteiger partial charge in [0.25, 0.3) is 0 Å². The molecular formula is C21H29N9O. The number of nitrogens with one attached hydrogen (secondary N) is 3. The Bertz CT molecular complexity index is 975. The van der Waals surface area contributed by atoms with Gasteiger partial charge in [-0.2, -0.15) is 5.10 Å². The first kappa shape index (κ1) is 19.8. The maximum Gasteiger partial charge on any atom is 0.184 e. The second-order valence-corrected chi connectivity index (χ2v) is 8.09. The number of nitrogen functional groups attached to an aromatic ring is 1. The summed E-state index contributed by atoms with van der Waals surface area (Å²) in [5, 5.41) is 14.1. The summed E-state index contributed by atoms with van der Waals surface area (Å²) in [6.07, 6.45) is 14.5. The highest BCUT2D eigenvalue weighted by Crippen LogP contribution is 2.53. The minimum Gasteiger partial charge on any atom is -0.384 e. The fraction of sp³-hybridized carbons (Fsp3) is 0.476. The minimum absolute atomic E-state index is 0.0514. The van der Waals surface area contributed by atoms with Gasteiger partial charge in [0.05, 0.1) is 30.1 Å². The maximum absolute atomic E-state index is 6.22. The fourth-order valence-corrected chi connectivity index (χ4v) is 5.19. The van der Waals surface area contributed by atoms with E-state index >= 15 is 0 Å². The van der Waals surface area contributed by atoms with Crippen LogP contribution >= 0.6 is 0 Å². The summed E-state index contributed by atoms with van der Waals surface area (Å²) in [5.41, 5.74) is 7.21. The Balaban J connectivity index is 1.73. The molecule has 3 aliphatic rings. The predicted octanol–water partition coefficient (Wildman–Crippen LogP) is 1.79. The third-order valence-electron chi connectivity index (χ3n) is 6.53. The number of nitrogens with zero attached hydrogens (tertiary/aromatic N) is 5. The molecule has 0 amide bonds. The summed E-state index contributed by atoms with van der Waals surface area (Å²) < 4.78 is 6.22. The van der Waals surface area contributed by atoms with Crippen molar-refractivity contribution < 1.29 is 4.74 Å². The van der Waals surface area contributed by atoms with Gasteiger partial charge >= 0.3 is 0 Å². The molecule has 0 aliphatic carbocycles. The van der Waals surface area contributed by atoms with Crippen LogP contribution in [0, 0.1) is 0 Å². The molecule has 164 valence electrons. The molecule has 1 fully saturated rings. The highest BCUT2D eigenvalue weighted by atomic mass is 16.5. The van der Waals surface area contributed by atoms with E-state index in [-0.39, 0.29) is 6.23 Å². The molecule has 0 bridgehead atoms. The van der Waals surface area contributed by atoms with Crippen molar-refractivity contribution in [2.24, 2.45) is 4.99 Å². The average molecular weight is 424 g/mol. The number of pyridine rings is 1. The largest absolute Gasteiger partial charge is 0.384 e. The van der Waals surface area contributed by atoms with Gasteiger partial charge < -0.3 is 26.0 Å². The van der Waals surface area contributed by atoms with Crippen molar-refractivity contribution in [2.45, 2.75) is 43.7 Å². The van der Waals surface area contributed by atoms with Crippen LogP contribution in [-0.4, -0.2) is 58.5 Å². The number of fused-ring (bicyclic) bond motifs is 1. The molecule has 5 N–H and O–H groups in total. The number of aromatic nitrogens is 3. The van der Waals surface area contributed by atoms with Crippen LogP contribution in [0.25, 0.3) is 0 Å². The topological polar surface area (TPSA) is 120 Å². The van der Waals surface area contributed by atoms with Crippen LogP contribution in [0.3, 0.4) is 0 Å². The molecule has 0 saturated carbocycles. The second-order valence-electron chi connectivity index (χ2n) is 8.09. The molecule has 1 saturated heterocycles. The monoisotopic (exact) mass is 423 g/mol. The van der Waals surface area contributed by atoms with Crippen LogP contribution in [0.2, 0.25) is 0 Å². The molecule has 0 aromatic carbocycles. The van der Waals surface area contributed by atoms with Crippen molar-refractivity contribution in [1.29, 1.82) is 0 Å². The first-order valence-electron chi connectivity index (χ1n) is 10.7. The predicted molar refractivity (Wildman–Crippen MR) is 120 cm³/mol. The first-order chi connectivity index (χ1) is 15.1. The van der Waals surface area contributed by atoms with Crippen molar-refractivity contribution in [3.8, 4) is 0 Å². The van der Waals surface area contributed by atoms with Crippen LogP contribution in [-0.2, 0) is 10.4 Å². The quantitative estimate of drug-likeness (QED) is 0.575. The lowest BCUT2D eigenvalue weighted by molar-refractivity contribution is -0.127. The van der Waals surface area contributed by atoms with E-state index in [0.29, 0.717) is 12.4 Å². The van der Waals surface area contributed by atoms with E-state index < -0.39 is 11.3 Å². The minimum atomic E-state index is -0.815. The number of aromatic amines is 1. The number of likely N-dealkylation sites (N-methyl/N-ethyl adjacent to an activating group) is 1. The van der Waals surface area contributed by atoms with Crippen LogP contribution in [0.4, 0.5) is 17.2 Å². The zero-order valence-corrected chi connectivity index (χ0v) is 17.9. The van der Waals surface area contributed by atoms with E-state index in [4.69, 9.17) is 15.5 Å². The lowest BCUT2D eigenvalue weighted by atomic mass is 9.83. The number of H-pyrrole nitrogens is 1. The van der Waals surface area contributed by atoms with Crippen molar-refractivity contribution >= 4 is 23.5 Å². The molecule has 5 heterocycles. The first-order valence-corrected chi connectivity index (χ1v) is 10.7. The number of piperidine rings is 1. The Morgan fingerprint density at radius 1 is 1.32 bits per heavy atom. The zero-order valence-electron chi connectivity index (χ0n) is 17.9. The molecule has 31 heavy (non-hydrogen) atoms. The van der Waals surface area contributed by atoms with Gasteiger partial charge in [0.15, 0.2) is 11.3 Å². The summed E-state index contributed by atoms with van der Waals surface area (Å²) in [5.74, 6) is 0.464. The number of nitrogens with two attached hydrogens (primary N) is 1. The zero-order chi connectivity index (χ0) is 21.5. The molecule has 5 rings (SSSR count). The third kappa shape index (κ3) is 2.82. The summed E-state index contributed by atoms with van der Waals surface area (Å²) in [4.78, 5) is 14.0. The number of hydrogen-bond donors (Lipinski definition) is 4. The van der Waals surface area contributed by atoms with Gasteiger partial charge in [0.1, 0.15) is 12.0 Å². The standard InChI is InChI=1S/C21H29N9O/c1-3-31-19-6-4-5-9-30(19)20(7-8-23-14-25-20)21(15-11-26-27-12-15)28-16-10-18(22)24-13-17(16)29(21)2/h7-8,10-14,19,28H,3-6,9H2,1-2H3,(H2,22,24)(H,23,25)(H,26,27). The molecule has 0 spiro atoms. The molecule has 3 unspecified atom stereocenters. The van der Waals surface area contributed by atoms with Gasteiger partial charge in [-0.1, -0.05) is 0 Å². The number of hydrogen-bond acceptors (Lipinski definition) is 9. The lowest BCUT2D eigenvalue weighted by Crippen LogP contribution is -2.71. The van der Waals surface area contributed by atoms with E-state index in [1.165, 1.54) is 0 Å². The molecule has 10 heteroatoms. The van der Waals surface area contributed by atoms with E-state index in [1.54, 1.807) is 12.5 Å². The number of anilines is 3. The van der Waals surface area contributed by atoms with E-state index in [0.717, 1.165) is 42.7 Å². The number of rotatable bonds is 5. The van der Waals surface area contributed by atoms with Gasteiger partial charge in [0, 0.05) is 44.2 Å². The normalized spacial score (nSPS) is 30.1. The highest BCUT2D eigenvalue weighted by Gasteiger charge is 2.63. The summed E-state index contributed by atoms with van der Waals surface area (Å²) in [7, 11) is 2.05. The number of likely N-dealkylation sites (tertiary alicyclic amines) is 1. The second kappa shape index (κ2) is 7.54. The Kier molecular flexibility index (Phi) is 4.82. The van der Waals surface area contributed by atoms with Crippen LogP contribution in [0.1, 0.15) is 31.7 Å². The van der Waals surface area contributed by atoms with Crippen LogP contribution in [0.15, 0.2) is 41.9 Å². The van der Waals surface area contributed by atoms with E-state index in [1.807, 2.05) is 31.6 Å². The van der Waals surface area contributed by atoms with Gasteiger partial charge in [-0.3, -0.25) is 5.10 Å². The smallest absolute Gasteiger partial charge is 0.184 e. The molecule has 0 radical (unpaired) electrons. The van der Waals surface area contributed by atoms with Crippen molar-refractivity contribution in [2.75, 3.05) is 36.1 Å². The summed E-state index contributed by atoms with van der Waals surface area (Å²) >= 11 is 0. The number of aliphatic imine (C=N–C) groups is 1. The Morgan fingerprint density at radius 2 is 2.23 bits per heavy atom. The third-order valence-corrected chi connectivity index (χ3v) is 6.53. The van der Waals surface area contributed by atoms with Crippen molar-refractivity contribution in [1.82, 2.24) is 25.4 Å². The van der Waals surface area contributed by atoms with E-state index in [9.17, 15) is 0 Å². The molecule has 10 nitrogen and oxygen atoms in total. The molecule has 2 aromatic heterocycles. The van der Waals surface area contributed by atoms with Gasteiger partial charge in [-0.05, 0) is 32.3 Å². The maximum atomic E-state index is 6.22. The molecule has 2 aromatic rings. The Hall–Kier alpha value is -3.11. The van der Waals surface area contributed by atoms with Crippen molar-refractivity contribution in [3.05, 3.63) is 42.5 Å². The van der Waals surface area contributed by atoms with E-state index in [2.05, 4.69) is 48.7 Å². The molecule has 3 aliphatic heterocycles. The SMILES string of the molecule is CCOC1CCCCN1C1(C2(c3cn[nH]c3)Nc3cc(N)ncc3N2C)C=CNC=N1. The van der Waals surface area contributed by atoms with Gasteiger partial charge in [-0.15, -0.1) is 0 Å². The summed E-state index contributed by atoms with van der Waals surface area (Å²) in [6.45, 7) is 3.54. The fourth-order valence-electron chi connectivity index (χ4n) is 5.19. The van der Waals surface area contributed by atoms with Gasteiger partial charge in [0.2, 0.25) is 0 Å². The van der Waals surface area contributed by atoms with Crippen LogP contribution < -0.4 is 21.3 Å². The van der Waals surface area contributed by atoms with Crippen LogP contribution in [0.5, 0.6) is 0 Å². The molecular weight excluding hydrogens is 394 g/mol. The average Bonchev–Trinajstić information content (AvgIpc) is 3.42. The Labute approximate surface area is 181 Å². The summed E-state index contributed by atoms with van der Waals surface area (Å²) in [6, 6.07) is 1.87. The lowest BCUT2D eigenvalue weighted by Gasteiger charge is -2.56. The highest BCUT2D eigenvalue weighted by molar-refractivity contribution is 5.81. The van der Waals surface area contributed by atoms with Crippen molar-refractivity contribution in [3.63, 3.8) is 0 Å². The number of ether oxygens (including phenoxy) is 1. The van der Waals surface area contributed by atoms with Gasteiger partial charge in [-0.25, -0.2) is 14.9 Å².